The topological polar surface area (TPSA) is 128 Å². The van der Waals surface area contributed by atoms with Crippen LogP contribution in [0.4, 0.5) is 4.39 Å². The number of hydrogen-bond acceptors (Lipinski definition) is 4. The summed E-state index contributed by atoms with van der Waals surface area (Å²) in [5.41, 5.74) is -0.455. The van der Waals surface area contributed by atoms with Crippen LogP contribution in [0.1, 0.15) is 30.6 Å². The number of carboxylic acid groups (broad SMARTS) is 1. The zero-order valence-corrected chi connectivity index (χ0v) is 14.8. The van der Waals surface area contributed by atoms with Gasteiger partial charge in [0, 0.05) is 11.5 Å². The standard InChI is InChI=1S/C18H20FN3O5/c1-9(2)5-14(18(26)27)22-16(24)8-20-17(25)12-7-15(23)21-13-6-10(19)3-4-11(12)13/h3-4,6-7,9,14H,5,8H2,1-2H3,(H,20,25)(H,21,23)(H,22,24)(H,26,27)/t14-/m0/s1. The molecule has 4 N–H and O–H groups in total. The highest BCUT2D eigenvalue weighted by molar-refractivity contribution is 6.06. The van der Waals surface area contributed by atoms with Gasteiger partial charge in [-0.2, -0.15) is 0 Å². The number of amides is 2. The van der Waals surface area contributed by atoms with E-state index in [1.54, 1.807) is 0 Å². The van der Waals surface area contributed by atoms with Gasteiger partial charge >= 0.3 is 5.97 Å². The molecular formula is C18H20FN3O5. The van der Waals surface area contributed by atoms with Crippen LogP contribution in [0.15, 0.2) is 29.1 Å². The fourth-order valence-electron chi connectivity index (χ4n) is 2.61. The van der Waals surface area contributed by atoms with E-state index in [4.69, 9.17) is 5.11 Å². The molecule has 0 radical (unpaired) electrons. The lowest BCUT2D eigenvalue weighted by Crippen LogP contribution is -2.46. The van der Waals surface area contributed by atoms with Crippen LogP contribution in [0.25, 0.3) is 10.9 Å². The van der Waals surface area contributed by atoms with Crippen LogP contribution in [0.5, 0.6) is 0 Å². The number of aromatic nitrogens is 1. The van der Waals surface area contributed by atoms with Crippen LogP contribution in [-0.2, 0) is 9.59 Å². The van der Waals surface area contributed by atoms with Gasteiger partial charge in [-0.25, -0.2) is 9.18 Å². The molecule has 1 aromatic carbocycles. The van der Waals surface area contributed by atoms with Gasteiger partial charge in [-0.1, -0.05) is 13.8 Å². The van der Waals surface area contributed by atoms with Crippen molar-refractivity contribution in [1.29, 1.82) is 0 Å². The minimum absolute atomic E-state index is 0.0153. The van der Waals surface area contributed by atoms with Gasteiger partial charge in [-0.05, 0) is 30.5 Å². The molecule has 0 saturated heterocycles. The molecule has 2 rings (SSSR count). The van der Waals surface area contributed by atoms with Crippen molar-refractivity contribution in [3.8, 4) is 0 Å². The summed E-state index contributed by atoms with van der Waals surface area (Å²) in [4.78, 5) is 49.6. The fraction of sp³-hybridized carbons (Fsp3) is 0.333. The average Bonchev–Trinajstić information content (AvgIpc) is 2.57. The van der Waals surface area contributed by atoms with Gasteiger partial charge in [0.2, 0.25) is 11.5 Å². The SMILES string of the molecule is CC(C)C[C@H](NC(=O)CNC(=O)c1cc(=O)[nH]c2cc(F)ccc12)C(=O)O. The molecule has 2 aromatic rings. The Morgan fingerprint density at radius 2 is 1.93 bits per heavy atom. The van der Waals surface area contributed by atoms with E-state index in [0.717, 1.165) is 18.2 Å². The molecule has 0 unspecified atom stereocenters. The first kappa shape index (κ1) is 20.1. The minimum atomic E-state index is -1.16. The summed E-state index contributed by atoms with van der Waals surface area (Å²) in [5.74, 6) is -3.05. The number of fused-ring (bicyclic) bond motifs is 1. The molecule has 0 bridgehead atoms. The zero-order chi connectivity index (χ0) is 20.1. The molecule has 2 amide bonds. The maximum Gasteiger partial charge on any atom is 0.326 e. The Hall–Kier alpha value is -3.23. The van der Waals surface area contributed by atoms with E-state index >= 15 is 0 Å². The Labute approximate surface area is 153 Å². The van der Waals surface area contributed by atoms with E-state index in [9.17, 15) is 23.6 Å². The Kier molecular flexibility index (Phi) is 6.27. The molecule has 1 atom stereocenters. The number of carboxylic acids is 1. The Bertz CT molecular complexity index is 938. The van der Waals surface area contributed by atoms with E-state index in [-0.39, 0.29) is 23.4 Å². The van der Waals surface area contributed by atoms with E-state index in [1.165, 1.54) is 6.07 Å². The van der Waals surface area contributed by atoms with Gasteiger partial charge in [0.15, 0.2) is 0 Å². The van der Waals surface area contributed by atoms with Crippen molar-refractivity contribution in [2.75, 3.05) is 6.54 Å². The quantitative estimate of drug-likeness (QED) is 0.573. The van der Waals surface area contributed by atoms with Crippen molar-refractivity contribution in [3.63, 3.8) is 0 Å². The second kappa shape index (κ2) is 8.43. The van der Waals surface area contributed by atoms with Crippen LogP contribution in [0.2, 0.25) is 0 Å². The van der Waals surface area contributed by atoms with Crippen LogP contribution >= 0.6 is 0 Å². The molecule has 0 spiro atoms. The van der Waals surface area contributed by atoms with Gasteiger partial charge < -0.3 is 20.7 Å². The summed E-state index contributed by atoms with van der Waals surface area (Å²) < 4.78 is 13.3. The third-order valence-electron chi connectivity index (χ3n) is 3.80. The second-order valence-corrected chi connectivity index (χ2v) is 6.51. The summed E-state index contributed by atoms with van der Waals surface area (Å²) in [7, 11) is 0. The predicted octanol–water partition coefficient (Wildman–Crippen LogP) is 1.01. The second-order valence-electron chi connectivity index (χ2n) is 6.51. The molecule has 27 heavy (non-hydrogen) atoms. The number of rotatable bonds is 7. The molecule has 8 nitrogen and oxygen atoms in total. The smallest absolute Gasteiger partial charge is 0.326 e. The van der Waals surface area contributed by atoms with Crippen molar-refractivity contribution in [1.82, 2.24) is 15.6 Å². The van der Waals surface area contributed by atoms with Crippen molar-refractivity contribution in [2.45, 2.75) is 26.3 Å². The molecule has 1 aromatic heterocycles. The summed E-state index contributed by atoms with van der Waals surface area (Å²) in [6.45, 7) is 3.19. The Morgan fingerprint density at radius 3 is 2.56 bits per heavy atom. The number of aliphatic carboxylic acids is 1. The molecule has 144 valence electrons. The van der Waals surface area contributed by atoms with Gasteiger partial charge in [0.1, 0.15) is 11.9 Å². The summed E-state index contributed by atoms with van der Waals surface area (Å²) in [5, 5.41) is 14.1. The third kappa shape index (κ3) is 5.37. The molecule has 0 aliphatic rings. The van der Waals surface area contributed by atoms with Crippen molar-refractivity contribution < 1.29 is 23.9 Å². The number of benzene rings is 1. The highest BCUT2D eigenvalue weighted by Crippen LogP contribution is 2.16. The lowest BCUT2D eigenvalue weighted by atomic mass is 10.0. The van der Waals surface area contributed by atoms with Gasteiger partial charge in [0.05, 0.1) is 17.6 Å². The maximum atomic E-state index is 13.3. The molecule has 1 heterocycles. The largest absolute Gasteiger partial charge is 0.480 e. The third-order valence-corrected chi connectivity index (χ3v) is 3.80. The summed E-state index contributed by atoms with van der Waals surface area (Å²) in [6.07, 6.45) is 0.249. The van der Waals surface area contributed by atoms with E-state index in [2.05, 4.69) is 15.6 Å². The van der Waals surface area contributed by atoms with E-state index in [0.29, 0.717) is 5.39 Å². The normalized spacial score (nSPS) is 12.0. The number of aromatic amines is 1. The summed E-state index contributed by atoms with van der Waals surface area (Å²) in [6, 6.07) is 3.57. The number of carbonyl (C=O) groups is 3. The first-order chi connectivity index (χ1) is 12.7. The highest BCUT2D eigenvalue weighted by atomic mass is 19.1. The summed E-state index contributed by atoms with van der Waals surface area (Å²) >= 11 is 0. The molecule has 0 aliphatic carbocycles. The molecule has 0 aliphatic heterocycles. The van der Waals surface area contributed by atoms with Crippen LogP contribution < -0.4 is 16.2 Å². The number of pyridine rings is 1. The van der Waals surface area contributed by atoms with Crippen molar-refractivity contribution >= 4 is 28.7 Å². The van der Waals surface area contributed by atoms with E-state index in [1.807, 2.05) is 13.8 Å². The van der Waals surface area contributed by atoms with Crippen LogP contribution in [0.3, 0.4) is 0 Å². The Morgan fingerprint density at radius 1 is 1.22 bits per heavy atom. The fourth-order valence-corrected chi connectivity index (χ4v) is 2.61. The monoisotopic (exact) mass is 377 g/mol. The number of halogens is 1. The van der Waals surface area contributed by atoms with Crippen LogP contribution in [0, 0.1) is 11.7 Å². The number of carbonyl (C=O) groups excluding carboxylic acids is 2. The minimum Gasteiger partial charge on any atom is -0.480 e. The molecule has 0 fully saturated rings. The van der Waals surface area contributed by atoms with Crippen molar-refractivity contribution in [2.24, 2.45) is 5.92 Å². The maximum absolute atomic E-state index is 13.3. The number of H-pyrrole nitrogens is 1. The lowest BCUT2D eigenvalue weighted by molar-refractivity contribution is -0.142. The van der Waals surface area contributed by atoms with Crippen molar-refractivity contribution in [3.05, 3.63) is 46.0 Å². The zero-order valence-electron chi connectivity index (χ0n) is 14.8. The highest BCUT2D eigenvalue weighted by Gasteiger charge is 2.21. The first-order valence-corrected chi connectivity index (χ1v) is 8.30. The Balaban J connectivity index is 2.09. The number of nitrogens with one attached hydrogen (secondary N) is 3. The average molecular weight is 377 g/mol. The van der Waals surface area contributed by atoms with Crippen LogP contribution in [-0.4, -0.2) is 40.5 Å². The van der Waals surface area contributed by atoms with Gasteiger partial charge in [0.25, 0.3) is 5.91 Å². The molecule has 0 saturated carbocycles. The molecular weight excluding hydrogens is 357 g/mol. The predicted molar refractivity (Wildman–Crippen MR) is 95.9 cm³/mol. The van der Waals surface area contributed by atoms with Gasteiger partial charge in [-0.15, -0.1) is 0 Å². The first-order valence-electron chi connectivity index (χ1n) is 8.30. The molecule has 9 heteroatoms. The number of hydrogen-bond donors (Lipinski definition) is 4. The van der Waals surface area contributed by atoms with E-state index < -0.39 is 41.7 Å². The lowest BCUT2D eigenvalue weighted by Gasteiger charge is -2.16. The van der Waals surface area contributed by atoms with Gasteiger partial charge in [-0.3, -0.25) is 14.4 Å².